The molecule has 0 saturated heterocycles. The van der Waals surface area contributed by atoms with Gasteiger partial charge in [0.15, 0.2) is 0 Å². The fourth-order valence-corrected chi connectivity index (χ4v) is 2.80. The first-order valence-corrected chi connectivity index (χ1v) is 7.25. The van der Waals surface area contributed by atoms with E-state index in [9.17, 15) is 0 Å². The van der Waals surface area contributed by atoms with Gasteiger partial charge < -0.3 is 10.1 Å². The van der Waals surface area contributed by atoms with Crippen LogP contribution in [0.4, 0.5) is 0 Å². The second-order valence-corrected chi connectivity index (χ2v) is 5.11. The lowest BCUT2D eigenvalue weighted by Crippen LogP contribution is -2.18. The van der Waals surface area contributed by atoms with Gasteiger partial charge in [0, 0.05) is 24.8 Å². The summed E-state index contributed by atoms with van der Waals surface area (Å²) >= 11 is 0. The van der Waals surface area contributed by atoms with E-state index in [2.05, 4.69) is 34.6 Å². The molecule has 1 N–H and O–H groups in total. The molecule has 3 nitrogen and oxygen atoms in total. The third kappa shape index (κ3) is 2.83. The normalized spacial score (nSPS) is 16.9. The fourth-order valence-electron chi connectivity index (χ4n) is 2.80. The number of nitrogens with zero attached hydrogens (tertiary/aromatic N) is 1. The first-order valence-electron chi connectivity index (χ1n) is 7.25. The topological polar surface area (TPSA) is 34.1 Å². The molecular weight excluding hydrogens is 248 g/mol. The number of benzene rings is 1. The Bertz CT molecular complexity index is 583. The number of aromatic nitrogens is 1. The number of ether oxygens (including phenoxy) is 1. The van der Waals surface area contributed by atoms with Gasteiger partial charge in [-0.05, 0) is 42.5 Å². The average Bonchev–Trinajstić information content (AvgIpc) is 2.89. The van der Waals surface area contributed by atoms with Crippen molar-refractivity contribution in [2.24, 2.45) is 0 Å². The van der Waals surface area contributed by atoms with Gasteiger partial charge in [-0.15, -0.1) is 0 Å². The maximum Gasteiger partial charge on any atom is 0.213 e. The number of fused-ring (bicyclic) bond motifs is 1. The molecule has 3 heteroatoms. The molecule has 0 fully saturated rings. The molecule has 1 aliphatic rings. The molecule has 104 valence electrons. The summed E-state index contributed by atoms with van der Waals surface area (Å²) in [7, 11) is 0. The van der Waals surface area contributed by atoms with E-state index in [-0.39, 0.29) is 0 Å². The van der Waals surface area contributed by atoms with E-state index in [0.29, 0.717) is 18.5 Å². The third-order valence-corrected chi connectivity index (χ3v) is 3.78. The van der Waals surface area contributed by atoms with Crippen LogP contribution in [0, 0.1) is 0 Å². The van der Waals surface area contributed by atoms with Gasteiger partial charge >= 0.3 is 0 Å². The van der Waals surface area contributed by atoms with Crippen LogP contribution >= 0.6 is 0 Å². The van der Waals surface area contributed by atoms with E-state index >= 15 is 0 Å². The van der Waals surface area contributed by atoms with Gasteiger partial charge in [0.05, 0.1) is 6.61 Å². The molecular formula is C17H20N2O. The molecule has 20 heavy (non-hydrogen) atoms. The summed E-state index contributed by atoms with van der Waals surface area (Å²) in [5.74, 6) is 0.707. The van der Waals surface area contributed by atoms with E-state index in [4.69, 9.17) is 4.74 Å². The molecule has 1 unspecified atom stereocenters. The van der Waals surface area contributed by atoms with Crippen LogP contribution in [0.25, 0.3) is 0 Å². The standard InChI is InChI=1S/C17H20N2O/c1-2-20-17-11-13(9-10-18-17)12-19-16-8-7-14-5-3-4-6-15(14)16/h3-6,9-11,16,19H,2,7-8,12H2,1H3. The Morgan fingerprint density at radius 1 is 1.30 bits per heavy atom. The van der Waals surface area contributed by atoms with Crippen LogP contribution in [0.1, 0.15) is 36.1 Å². The monoisotopic (exact) mass is 268 g/mol. The molecule has 1 heterocycles. The SMILES string of the molecule is CCOc1cc(CNC2CCc3ccccc32)ccn1. The zero-order valence-electron chi connectivity index (χ0n) is 11.8. The van der Waals surface area contributed by atoms with Crippen molar-refractivity contribution in [1.29, 1.82) is 0 Å². The molecule has 0 aliphatic heterocycles. The van der Waals surface area contributed by atoms with Gasteiger partial charge in [0.25, 0.3) is 0 Å². The quantitative estimate of drug-likeness (QED) is 0.903. The molecule has 2 aromatic rings. The number of aryl methyl sites for hydroxylation is 1. The Kier molecular flexibility index (Phi) is 3.97. The van der Waals surface area contributed by atoms with Crippen molar-refractivity contribution in [3.05, 3.63) is 59.3 Å². The number of rotatable bonds is 5. The largest absolute Gasteiger partial charge is 0.478 e. The lowest BCUT2D eigenvalue weighted by atomic mass is 10.1. The number of nitrogens with one attached hydrogen (secondary N) is 1. The van der Waals surface area contributed by atoms with Gasteiger partial charge in [-0.3, -0.25) is 0 Å². The second kappa shape index (κ2) is 6.06. The molecule has 1 atom stereocenters. The highest BCUT2D eigenvalue weighted by atomic mass is 16.5. The van der Waals surface area contributed by atoms with Gasteiger partial charge in [0.1, 0.15) is 0 Å². The number of pyridine rings is 1. The molecule has 3 rings (SSSR count). The minimum atomic E-state index is 0.468. The molecule has 0 radical (unpaired) electrons. The van der Waals surface area contributed by atoms with Crippen LogP contribution in [-0.2, 0) is 13.0 Å². The van der Waals surface area contributed by atoms with Crippen molar-refractivity contribution in [3.63, 3.8) is 0 Å². The second-order valence-electron chi connectivity index (χ2n) is 5.11. The Hall–Kier alpha value is -1.87. The van der Waals surface area contributed by atoms with Crippen LogP contribution in [0.5, 0.6) is 5.88 Å². The van der Waals surface area contributed by atoms with E-state index in [1.807, 2.05) is 25.3 Å². The zero-order chi connectivity index (χ0) is 13.8. The lowest BCUT2D eigenvalue weighted by Gasteiger charge is -2.14. The highest BCUT2D eigenvalue weighted by molar-refractivity contribution is 5.34. The molecule has 0 bridgehead atoms. The Morgan fingerprint density at radius 2 is 2.20 bits per heavy atom. The van der Waals surface area contributed by atoms with Crippen molar-refractivity contribution >= 4 is 0 Å². The Labute approximate surface area is 120 Å². The summed E-state index contributed by atoms with van der Waals surface area (Å²) in [6.07, 6.45) is 4.17. The third-order valence-electron chi connectivity index (χ3n) is 3.78. The van der Waals surface area contributed by atoms with Crippen molar-refractivity contribution in [2.75, 3.05) is 6.61 Å². The fraction of sp³-hybridized carbons (Fsp3) is 0.353. The summed E-state index contributed by atoms with van der Waals surface area (Å²) in [6.45, 7) is 3.48. The first kappa shape index (κ1) is 13.1. The summed E-state index contributed by atoms with van der Waals surface area (Å²) < 4.78 is 5.44. The minimum absolute atomic E-state index is 0.468. The molecule has 0 saturated carbocycles. The summed E-state index contributed by atoms with van der Waals surface area (Å²) in [5, 5.41) is 3.64. The summed E-state index contributed by atoms with van der Waals surface area (Å²) in [4.78, 5) is 4.19. The van der Waals surface area contributed by atoms with Crippen molar-refractivity contribution in [3.8, 4) is 5.88 Å². The van der Waals surface area contributed by atoms with Crippen LogP contribution in [0.3, 0.4) is 0 Å². The summed E-state index contributed by atoms with van der Waals surface area (Å²) in [6, 6.07) is 13.2. The Balaban J connectivity index is 1.64. The van der Waals surface area contributed by atoms with Crippen molar-refractivity contribution in [2.45, 2.75) is 32.4 Å². The molecule has 1 aliphatic carbocycles. The van der Waals surface area contributed by atoms with Crippen molar-refractivity contribution in [1.82, 2.24) is 10.3 Å². The molecule has 0 amide bonds. The maximum atomic E-state index is 5.44. The molecule has 1 aromatic heterocycles. The van der Waals surface area contributed by atoms with Gasteiger partial charge in [-0.2, -0.15) is 0 Å². The van der Waals surface area contributed by atoms with E-state index in [1.54, 1.807) is 0 Å². The van der Waals surface area contributed by atoms with Crippen LogP contribution in [0.2, 0.25) is 0 Å². The molecule has 0 spiro atoms. The number of hydrogen-bond donors (Lipinski definition) is 1. The lowest BCUT2D eigenvalue weighted by molar-refractivity contribution is 0.326. The van der Waals surface area contributed by atoms with Gasteiger partial charge in [0.2, 0.25) is 5.88 Å². The highest BCUT2D eigenvalue weighted by Gasteiger charge is 2.20. The van der Waals surface area contributed by atoms with Crippen LogP contribution < -0.4 is 10.1 Å². The predicted octanol–water partition coefficient (Wildman–Crippen LogP) is 3.26. The summed E-state index contributed by atoms with van der Waals surface area (Å²) in [5.41, 5.74) is 4.15. The average molecular weight is 268 g/mol. The van der Waals surface area contributed by atoms with Gasteiger partial charge in [-0.1, -0.05) is 24.3 Å². The van der Waals surface area contributed by atoms with Crippen molar-refractivity contribution < 1.29 is 4.74 Å². The number of hydrogen-bond acceptors (Lipinski definition) is 3. The Morgan fingerprint density at radius 3 is 3.10 bits per heavy atom. The van der Waals surface area contributed by atoms with Crippen LogP contribution in [0.15, 0.2) is 42.6 Å². The first-order chi connectivity index (χ1) is 9.86. The maximum absolute atomic E-state index is 5.44. The minimum Gasteiger partial charge on any atom is -0.478 e. The van der Waals surface area contributed by atoms with E-state index in [0.717, 1.165) is 6.54 Å². The van der Waals surface area contributed by atoms with Crippen LogP contribution in [-0.4, -0.2) is 11.6 Å². The smallest absolute Gasteiger partial charge is 0.213 e. The van der Waals surface area contributed by atoms with E-state index in [1.165, 1.54) is 29.5 Å². The van der Waals surface area contributed by atoms with E-state index < -0.39 is 0 Å². The molecule has 1 aromatic carbocycles. The highest BCUT2D eigenvalue weighted by Crippen LogP contribution is 2.30. The zero-order valence-corrected chi connectivity index (χ0v) is 11.8. The van der Waals surface area contributed by atoms with Gasteiger partial charge in [-0.25, -0.2) is 4.98 Å². The predicted molar refractivity (Wildman–Crippen MR) is 79.7 cm³/mol.